The molecule has 1 heteroatoms. The highest BCUT2D eigenvalue weighted by Crippen LogP contribution is 2.69. The fraction of sp³-hybridized carbons (Fsp3) is 1.00. The molecule has 4 saturated carbocycles. The number of aliphatic hydroxyl groups is 1. The second-order valence-corrected chi connectivity index (χ2v) is 6.94. The number of rotatable bonds is 0. The molecule has 0 spiro atoms. The first-order valence-corrected chi connectivity index (χ1v) is 6.67. The molecule has 0 aromatic carbocycles. The lowest BCUT2D eigenvalue weighted by Gasteiger charge is -2.68. The highest BCUT2D eigenvalue weighted by atomic mass is 16.3. The van der Waals surface area contributed by atoms with Crippen LogP contribution in [0.1, 0.15) is 52.9 Å². The van der Waals surface area contributed by atoms with Gasteiger partial charge in [-0.15, -0.1) is 0 Å². The smallest absolute Gasteiger partial charge is 0.0627 e. The van der Waals surface area contributed by atoms with Gasteiger partial charge in [-0.1, -0.05) is 20.8 Å². The van der Waals surface area contributed by atoms with Gasteiger partial charge in [0.05, 0.1) is 6.10 Å². The third-order valence-corrected chi connectivity index (χ3v) is 6.62. The topological polar surface area (TPSA) is 20.2 Å². The average molecular weight is 208 g/mol. The van der Waals surface area contributed by atoms with Crippen LogP contribution in [0.3, 0.4) is 0 Å². The highest BCUT2D eigenvalue weighted by molar-refractivity contribution is 5.13. The Balaban J connectivity index is 2.07. The molecule has 0 amide bonds. The molecule has 0 aromatic rings. The van der Waals surface area contributed by atoms with Crippen molar-refractivity contribution in [2.24, 2.45) is 28.6 Å². The van der Waals surface area contributed by atoms with Gasteiger partial charge in [0.1, 0.15) is 0 Å². The summed E-state index contributed by atoms with van der Waals surface area (Å²) in [7, 11) is 0. The van der Waals surface area contributed by atoms with Crippen molar-refractivity contribution in [3.8, 4) is 0 Å². The molecule has 0 aliphatic heterocycles. The van der Waals surface area contributed by atoms with Crippen LogP contribution >= 0.6 is 0 Å². The van der Waals surface area contributed by atoms with Gasteiger partial charge in [-0.3, -0.25) is 0 Å². The van der Waals surface area contributed by atoms with Crippen LogP contribution in [0.25, 0.3) is 0 Å². The van der Waals surface area contributed by atoms with Gasteiger partial charge in [0.25, 0.3) is 0 Å². The van der Waals surface area contributed by atoms with Gasteiger partial charge >= 0.3 is 0 Å². The standard InChI is InChI=1S/C14H24O/c1-9-4-6-14(3)12(15)10-5-7-13(14,2)11(9)8-10/h9-12,15H,4-8H2,1-3H3/t9-,10+,11+,12+,13+,14+/m1/s1. The third-order valence-electron chi connectivity index (χ3n) is 6.62. The van der Waals surface area contributed by atoms with Crippen molar-refractivity contribution >= 4 is 0 Å². The van der Waals surface area contributed by atoms with Crippen molar-refractivity contribution in [2.75, 3.05) is 0 Å². The lowest BCUT2D eigenvalue weighted by Crippen LogP contribution is -2.64. The predicted octanol–water partition coefficient (Wildman–Crippen LogP) is 3.22. The van der Waals surface area contributed by atoms with Gasteiger partial charge in [-0.25, -0.2) is 0 Å². The third kappa shape index (κ3) is 0.988. The van der Waals surface area contributed by atoms with Gasteiger partial charge in [0, 0.05) is 0 Å². The molecule has 1 N–H and O–H groups in total. The fourth-order valence-corrected chi connectivity index (χ4v) is 5.25. The molecule has 0 radical (unpaired) electrons. The molecule has 1 nitrogen and oxygen atoms in total. The summed E-state index contributed by atoms with van der Waals surface area (Å²) in [4.78, 5) is 0. The van der Waals surface area contributed by atoms with E-state index in [-0.39, 0.29) is 11.5 Å². The summed E-state index contributed by atoms with van der Waals surface area (Å²) >= 11 is 0. The maximum Gasteiger partial charge on any atom is 0.0627 e. The van der Waals surface area contributed by atoms with Crippen molar-refractivity contribution in [1.29, 1.82) is 0 Å². The monoisotopic (exact) mass is 208 g/mol. The SMILES string of the molecule is C[C@@H]1CC[C@@]2(C)[C@@H](O)[C@H]3CC[C@@]2(C)[C@H]1C3. The Morgan fingerprint density at radius 3 is 2.47 bits per heavy atom. The Hall–Kier alpha value is -0.0400. The molecule has 86 valence electrons. The van der Waals surface area contributed by atoms with E-state index in [9.17, 15) is 5.11 Å². The van der Waals surface area contributed by atoms with E-state index >= 15 is 0 Å². The van der Waals surface area contributed by atoms with Crippen LogP contribution < -0.4 is 0 Å². The van der Waals surface area contributed by atoms with Crippen LogP contribution in [0, 0.1) is 28.6 Å². The van der Waals surface area contributed by atoms with E-state index in [1.54, 1.807) is 0 Å². The van der Waals surface area contributed by atoms with Gasteiger partial charge in [-0.05, 0) is 60.7 Å². The molecule has 0 saturated heterocycles. The first-order valence-electron chi connectivity index (χ1n) is 6.67. The molecule has 0 heterocycles. The lowest BCUT2D eigenvalue weighted by molar-refractivity contribution is -0.231. The van der Waals surface area contributed by atoms with Gasteiger partial charge in [-0.2, -0.15) is 0 Å². The van der Waals surface area contributed by atoms with E-state index in [2.05, 4.69) is 20.8 Å². The summed E-state index contributed by atoms with van der Waals surface area (Å²) in [5.41, 5.74) is 0.657. The quantitative estimate of drug-likeness (QED) is 0.648. The summed E-state index contributed by atoms with van der Waals surface area (Å²) in [6.45, 7) is 7.26. The Bertz CT molecular complexity index is 287. The minimum Gasteiger partial charge on any atom is -0.392 e. The summed E-state index contributed by atoms with van der Waals surface area (Å²) in [5, 5.41) is 10.5. The summed E-state index contributed by atoms with van der Waals surface area (Å²) < 4.78 is 0. The van der Waals surface area contributed by atoms with Gasteiger partial charge in [0.2, 0.25) is 0 Å². The zero-order chi connectivity index (χ0) is 10.8. The van der Waals surface area contributed by atoms with E-state index in [1.807, 2.05) is 0 Å². The van der Waals surface area contributed by atoms with Gasteiger partial charge < -0.3 is 5.11 Å². The number of hydrogen-bond donors (Lipinski definition) is 1. The second-order valence-electron chi connectivity index (χ2n) is 6.94. The van der Waals surface area contributed by atoms with Crippen LogP contribution in [-0.2, 0) is 0 Å². The normalized spacial score (nSPS) is 63.2. The van der Waals surface area contributed by atoms with Crippen molar-refractivity contribution in [1.82, 2.24) is 0 Å². The van der Waals surface area contributed by atoms with Gasteiger partial charge in [0.15, 0.2) is 0 Å². The van der Waals surface area contributed by atoms with Crippen molar-refractivity contribution in [3.05, 3.63) is 0 Å². The van der Waals surface area contributed by atoms with Crippen molar-refractivity contribution in [3.63, 3.8) is 0 Å². The molecule has 0 unspecified atom stereocenters. The molecule has 4 bridgehead atoms. The van der Waals surface area contributed by atoms with E-state index < -0.39 is 0 Å². The Morgan fingerprint density at radius 2 is 1.73 bits per heavy atom. The fourth-order valence-electron chi connectivity index (χ4n) is 5.25. The largest absolute Gasteiger partial charge is 0.392 e. The minimum absolute atomic E-state index is 0.0139. The average Bonchev–Trinajstić information content (AvgIpc) is 2.21. The molecular weight excluding hydrogens is 184 g/mol. The molecule has 15 heavy (non-hydrogen) atoms. The first-order chi connectivity index (χ1) is 6.99. The Kier molecular flexibility index (Phi) is 1.89. The molecule has 4 fully saturated rings. The molecule has 0 aromatic heterocycles. The van der Waals surface area contributed by atoms with E-state index in [0.717, 1.165) is 11.8 Å². The van der Waals surface area contributed by atoms with Crippen molar-refractivity contribution < 1.29 is 5.11 Å². The second kappa shape index (κ2) is 2.80. The maximum absolute atomic E-state index is 10.5. The molecular formula is C14H24O. The van der Waals surface area contributed by atoms with E-state index in [1.165, 1.54) is 32.1 Å². The van der Waals surface area contributed by atoms with Crippen LogP contribution in [0.5, 0.6) is 0 Å². The lowest BCUT2D eigenvalue weighted by atomic mass is 9.38. The number of hydrogen-bond acceptors (Lipinski definition) is 1. The summed E-state index contributed by atoms with van der Waals surface area (Å²) in [5.74, 6) is 2.39. The highest BCUT2D eigenvalue weighted by Gasteiger charge is 2.64. The zero-order valence-electron chi connectivity index (χ0n) is 10.3. The number of aliphatic hydroxyl groups excluding tert-OH is 1. The number of fused-ring (bicyclic) bond motifs is 1. The van der Waals surface area contributed by atoms with E-state index in [0.29, 0.717) is 11.3 Å². The first kappa shape index (κ1) is 10.1. The van der Waals surface area contributed by atoms with Crippen LogP contribution in [0.4, 0.5) is 0 Å². The molecule has 4 aliphatic carbocycles. The molecule has 6 atom stereocenters. The molecule has 4 rings (SSSR count). The Labute approximate surface area is 93.3 Å². The summed E-state index contributed by atoms with van der Waals surface area (Å²) in [6, 6.07) is 0. The van der Waals surface area contributed by atoms with E-state index in [4.69, 9.17) is 0 Å². The van der Waals surface area contributed by atoms with Crippen molar-refractivity contribution in [2.45, 2.75) is 59.0 Å². The summed E-state index contributed by atoms with van der Waals surface area (Å²) in [6.07, 6.45) is 6.50. The molecule has 4 aliphatic rings. The van der Waals surface area contributed by atoms with Crippen LogP contribution in [0.2, 0.25) is 0 Å². The zero-order valence-corrected chi connectivity index (χ0v) is 10.3. The Morgan fingerprint density at radius 1 is 1.07 bits per heavy atom. The van der Waals surface area contributed by atoms with Crippen LogP contribution in [-0.4, -0.2) is 11.2 Å². The van der Waals surface area contributed by atoms with Crippen LogP contribution in [0.15, 0.2) is 0 Å². The predicted molar refractivity (Wildman–Crippen MR) is 61.4 cm³/mol. The minimum atomic E-state index is -0.0139. The maximum atomic E-state index is 10.5.